The predicted octanol–water partition coefficient (Wildman–Crippen LogP) is 2.89. The summed E-state index contributed by atoms with van der Waals surface area (Å²) in [7, 11) is 0. The maximum Gasteiger partial charge on any atom is 0.237 e. The summed E-state index contributed by atoms with van der Waals surface area (Å²) in [6.07, 6.45) is 0. The van der Waals surface area contributed by atoms with Crippen molar-refractivity contribution >= 4 is 17.5 Å². The van der Waals surface area contributed by atoms with Crippen LogP contribution in [-0.4, -0.2) is 5.91 Å². The number of nitrogens with one attached hydrogen (secondary N) is 1. The molecule has 0 spiro atoms. The molecule has 1 rings (SSSR count). The molecule has 0 saturated carbocycles. The third-order valence-electron chi connectivity index (χ3n) is 2.55. The summed E-state index contributed by atoms with van der Waals surface area (Å²) in [5.74, 6) is -1.64. The topological polar surface area (TPSA) is 52.9 Å². The van der Waals surface area contributed by atoms with Crippen LogP contribution in [0.5, 0.6) is 0 Å². The van der Waals surface area contributed by atoms with E-state index in [1.54, 1.807) is 13.8 Å². The molecule has 1 aromatic rings. The molecule has 0 bridgehead atoms. The number of carbonyl (C=O) groups excluding carboxylic acids is 1. The zero-order chi connectivity index (χ0) is 13.7. The van der Waals surface area contributed by atoms with E-state index in [1.807, 2.05) is 6.07 Å². The molecule has 0 aromatic heterocycles. The van der Waals surface area contributed by atoms with Gasteiger partial charge in [0.05, 0.1) is 6.07 Å². The Morgan fingerprint density at radius 3 is 2.78 bits per heavy atom. The average molecular weight is 269 g/mol. The second-order valence-corrected chi connectivity index (χ2v) is 4.74. The maximum atomic E-state index is 13.4. The van der Waals surface area contributed by atoms with Crippen molar-refractivity contribution < 1.29 is 9.18 Å². The minimum absolute atomic E-state index is 0.0239. The highest BCUT2D eigenvalue weighted by Crippen LogP contribution is 2.15. The molecule has 96 valence electrons. The Hall–Kier alpha value is -1.60. The fourth-order valence-electron chi connectivity index (χ4n) is 1.48. The smallest absolute Gasteiger partial charge is 0.237 e. The normalized spacial score (nSPS) is 12.0. The number of hydrogen-bond donors (Lipinski definition) is 1. The van der Waals surface area contributed by atoms with Gasteiger partial charge in [-0.25, -0.2) is 4.39 Å². The second-order valence-electron chi connectivity index (χ2n) is 4.30. The quantitative estimate of drug-likeness (QED) is 0.913. The molecular weight excluding hydrogens is 255 g/mol. The van der Waals surface area contributed by atoms with Crippen molar-refractivity contribution in [2.75, 3.05) is 0 Å². The minimum atomic E-state index is -0.729. The predicted molar refractivity (Wildman–Crippen MR) is 67.2 cm³/mol. The van der Waals surface area contributed by atoms with E-state index < -0.39 is 17.6 Å². The molecule has 18 heavy (non-hydrogen) atoms. The summed E-state index contributed by atoms with van der Waals surface area (Å²) in [6.45, 7) is 3.59. The lowest BCUT2D eigenvalue weighted by molar-refractivity contribution is -0.124. The first-order valence-corrected chi connectivity index (χ1v) is 5.94. The molecule has 0 saturated heterocycles. The lowest BCUT2D eigenvalue weighted by Crippen LogP contribution is -2.32. The van der Waals surface area contributed by atoms with E-state index in [-0.39, 0.29) is 12.5 Å². The molecule has 0 fully saturated rings. The lowest BCUT2D eigenvalue weighted by atomic mass is 9.96. The first-order valence-electron chi connectivity index (χ1n) is 5.57. The van der Waals surface area contributed by atoms with Crippen LogP contribution in [0.25, 0.3) is 0 Å². The molecule has 3 nitrogen and oxygen atoms in total. The van der Waals surface area contributed by atoms with Crippen LogP contribution < -0.4 is 5.32 Å². The van der Waals surface area contributed by atoms with Gasteiger partial charge in [0.25, 0.3) is 0 Å². The molecule has 1 N–H and O–H groups in total. The van der Waals surface area contributed by atoms with Gasteiger partial charge in [0, 0.05) is 17.1 Å². The number of halogens is 2. The molecule has 0 heterocycles. The Morgan fingerprint density at radius 2 is 2.22 bits per heavy atom. The highest BCUT2D eigenvalue weighted by molar-refractivity contribution is 6.30. The standard InChI is InChI=1S/C13H14ClFN2O/c1-8(2)11(6-16)13(18)17-7-9-5-10(14)3-4-12(9)15/h3-5,8,11H,7H2,1-2H3,(H,17,18). The Balaban J connectivity index is 2.68. The number of nitrogens with zero attached hydrogens (tertiary/aromatic N) is 1. The molecule has 1 aromatic carbocycles. The van der Waals surface area contributed by atoms with Crippen LogP contribution in [0.2, 0.25) is 5.02 Å². The van der Waals surface area contributed by atoms with Crippen molar-refractivity contribution in [3.8, 4) is 6.07 Å². The van der Waals surface area contributed by atoms with Gasteiger partial charge in [-0.2, -0.15) is 5.26 Å². The van der Waals surface area contributed by atoms with Crippen LogP contribution in [0.15, 0.2) is 18.2 Å². The van der Waals surface area contributed by atoms with Crippen molar-refractivity contribution in [3.63, 3.8) is 0 Å². The fourth-order valence-corrected chi connectivity index (χ4v) is 1.68. The van der Waals surface area contributed by atoms with Crippen LogP contribution in [-0.2, 0) is 11.3 Å². The number of benzene rings is 1. The number of carbonyl (C=O) groups is 1. The summed E-state index contributed by atoms with van der Waals surface area (Å²) in [5, 5.41) is 11.8. The number of amides is 1. The minimum Gasteiger partial charge on any atom is -0.351 e. The summed E-state index contributed by atoms with van der Waals surface area (Å²) in [5.41, 5.74) is 0.302. The monoisotopic (exact) mass is 268 g/mol. The van der Waals surface area contributed by atoms with Crippen LogP contribution >= 0.6 is 11.6 Å². The molecule has 0 radical (unpaired) electrons. The molecule has 1 atom stereocenters. The number of nitriles is 1. The zero-order valence-electron chi connectivity index (χ0n) is 10.2. The van der Waals surface area contributed by atoms with E-state index in [0.717, 1.165) is 0 Å². The van der Waals surface area contributed by atoms with Crippen LogP contribution in [0.3, 0.4) is 0 Å². The van der Waals surface area contributed by atoms with Gasteiger partial charge in [-0.05, 0) is 24.1 Å². The van der Waals surface area contributed by atoms with Gasteiger partial charge < -0.3 is 5.32 Å². The summed E-state index contributed by atoms with van der Waals surface area (Å²) >= 11 is 5.74. The van der Waals surface area contributed by atoms with E-state index >= 15 is 0 Å². The van der Waals surface area contributed by atoms with Gasteiger partial charge in [-0.3, -0.25) is 4.79 Å². The van der Waals surface area contributed by atoms with Crippen LogP contribution in [0.4, 0.5) is 4.39 Å². The van der Waals surface area contributed by atoms with Crippen molar-refractivity contribution in [3.05, 3.63) is 34.6 Å². The van der Waals surface area contributed by atoms with E-state index in [1.165, 1.54) is 18.2 Å². The van der Waals surface area contributed by atoms with E-state index in [2.05, 4.69) is 5.32 Å². The Morgan fingerprint density at radius 1 is 1.56 bits per heavy atom. The molecule has 0 aliphatic rings. The molecule has 5 heteroatoms. The highest BCUT2D eigenvalue weighted by Gasteiger charge is 2.21. The first-order chi connectivity index (χ1) is 8.45. The number of hydrogen-bond acceptors (Lipinski definition) is 2. The number of rotatable bonds is 4. The van der Waals surface area contributed by atoms with Crippen molar-refractivity contribution in [1.29, 1.82) is 5.26 Å². The largest absolute Gasteiger partial charge is 0.351 e. The van der Waals surface area contributed by atoms with Crippen LogP contribution in [0.1, 0.15) is 19.4 Å². The third-order valence-corrected chi connectivity index (χ3v) is 2.78. The zero-order valence-corrected chi connectivity index (χ0v) is 11.0. The third kappa shape index (κ3) is 3.71. The van der Waals surface area contributed by atoms with Gasteiger partial charge >= 0.3 is 0 Å². The van der Waals surface area contributed by atoms with E-state index in [0.29, 0.717) is 10.6 Å². The van der Waals surface area contributed by atoms with Crippen molar-refractivity contribution in [2.45, 2.75) is 20.4 Å². The van der Waals surface area contributed by atoms with E-state index in [9.17, 15) is 9.18 Å². The van der Waals surface area contributed by atoms with Crippen molar-refractivity contribution in [1.82, 2.24) is 5.32 Å². The SMILES string of the molecule is CC(C)C(C#N)C(=O)NCc1cc(Cl)ccc1F. The Bertz CT molecular complexity index is 482. The molecule has 0 aliphatic carbocycles. The van der Waals surface area contributed by atoms with Crippen LogP contribution in [0, 0.1) is 29.0 Å². The molecule has 1 amide bonds. The molecular formula is C13H14ClFN2O. The van der Waals surface area contributed by atoms with Gasteiger partial charge in [0.15, 0.2) is 0 Å². The maximum absolute atomic E-state index is 13.4. The Kier molecular flexibility index (Phi) is 5.11. The van der Waals surface area contributed by atoms with Gasteiger partial charge in [-0.1, -0.05) is 25.4 Å². The second kappa shape index (κ2) is 6.36. The molecule has 1 unspecified atom stereocenters. The van der Waals surface area contributed by atoms with Gasteiger partial charge in [-0.15, -0.1) is 0 Å². The van der Waals surface area contributed by atoms with E-state index in [4.69, 9.17) is 16.9 Å². The fraction of sp³-hybridized carbons (Fsp3) is 0.385. The first kappa shape index (κ1) is 14.5. The summed E-state index contributed by atoms with van der Waals surface area (Å²) in [4.78, 5) is 11.7. The molecule has 0 aliphatic heterocycles. The highest BCUT2D eigenvalue weighted by atomic mass is 35.5. The van der Waals surface area contributed by atoms with Crippen molar-refractivity contribution in [2.24, 2.45) is 11.8 Å². The summed E-state index contributed by atoms with van der Waals surface area (Å²) < 4.78 is 13.4. The lowest BCUT2D eigenvalue weighted by Gasteiger charge is -2.13. The van der Waals surface area contributed by atoms with Gasteiger partial charge in [0.1, 0.15) is 11.7 Å². The average Bonchev–Trinajstić information content (AvgIpc) is 2.30. The summed E-state index contributed by atoms with van der Waals surface area (Å²) in [6, 6.07) is 6.07. The Labute approximate surface area is 111 Å². The van der Waals surface area contributed by atoms with Gasteiger partial charge in [0.2, 0.25) is 5.91 Å².